The van der Waals surface area contributed by atoms with E-state index in [0.29, 0.717) is 24.4 Å². The third-order valence-electron chi connectivity index (χ3n) is 3.31. The van der Waals surface area contributed by atoms with Crippen molar-refractivity contribution in [3.05, 3.63) is 36.4 Å². The van der Waals surface area contributed by atoms with Crippen molar-refractivity contribution in [3.8, 4) is 0 Å². The number of nitrogens with zero attached hydrogens (tertiary/aromatic N) is 3. The van der Waals surface area contributed by atoms with Gasteiger partial charge in [-0.15, -0.1) is 0 Å². The number of rotatable bonds is 2. The van der Waals surface area contributed by atoms with Crippen LogP contribution in [0.1, 0.15) is 12.8 Å². The van der Waals surface area contributed by atoms with Crippen LogP contribution >= 0.6 is 0 Å². The van der Waals surface area contributed by atoms with Crippen molar-refractivity contribution in [2.24, 2.45) is 5.10 Å². The van der Waals surface area contributed by atoms with Crippen LogP contribution in [0.5, 0.6) is 0 Å². The van der Waals surface area contributed by atoms with Crippen molar-refractivity contribution in [1.29, 1.82) is 0 Å². The summed E-state index contributed by atoms with van der Waals surface area (Å²) in [4.78, 5) is 27.9. The molecule has 2 aromatic rings. The Labute approximate surface area is 121 Å². The zero-order valence-electron chi connectivity index (χ0n) is 11.5. The molecule has 0 spiro atoms. The molecule has 1 N–H and O–H groups in total. The lowest BCUT2D eigenvalue weighted by Crippen LogP contribution is -2.34. The number of amides is 2. The normalized spacial score (nSPS) is 15.0. The molecule has 0 saturated heterocycles. The highest BCUT2D eigenvalue weighted by Crippen LogP contribution is 2.15. The molecule has 3 rings (SSSR count). The molecule has 1 aliphatic heterocycles. The van der Waals surface area contributed by atoms with E-state index in [-0.39, 0.29) is 11.8 Å². The number of nitrogens with one attached hydrogen (secondary N) is 1. The predicted octanol–water partition coefficient (Wildman–Crippen LogP) is 1.78. The number of hydrogen-bond donors (Lipinski definition) is 1. The van der Waals surface area contributed by atoms with Crippen LogP contribution in [0.3, 0.4) is 0 Å². The second kappa shape index (κ2) is 5.32. The van der Waals surface area contributed by atoms with E-state index in [1.807, 2.05) is 30.3 Å². The molecule has 106 valence electrons. The third kappa shape index (κ3) is 2.74. The van der Waals surface area contributed by atoms with Crippen molar-refractivity contribution < 1.29 is 9.59 Å². The van der Waals surface area contributed by atoms with Gasteiger partial charge in [-0.1, -0.05) is 18.2 Å². The second-order valence-corrected chi connectivity index (χ2v) is 4.81. The second-order valence-electron chi connectivity index (χ2n) is 4.81. The lowest BCUT2D eigenvalue weighted by Gasteiger charge is -2.18. The van der Waals surface area contributed by atoms with Gasteiger partial charge in [-0.2, -0.15) is 5.10 Å². The van der Waals surface area contributed by atoms with Gasteiger partial charge in [0, 0.05) is 25.3 Å². The Morgan fingerprint density at radius 2 is 2.00 bits per heavy atom. The number of pyridine rings is 1. The van der Waals surface area contributed by atoms with Crippen LogP contribution in [0.15, 0.2) is 41.5 Å². The topological polar surface area (TPSA) is 74.7 Å². The summed E-state index contributed by atoms with van der Waals surface area (Å²) in [5.41, 5.74) is 1.15. The van der Waals surface area contributed by atoms with Crippen molar-refractivity contribution >= 4 is 34.2 Å². The Balaban J connectivity index is 1.80. The standard InChI is InChI=1S/C15H14N4O2/c1-19-14(20)9-7-12(18-19)15(21)17-13-8-6-10-4-2-3-5-11(10)16-13/h2-6,8H,7,9H2,1H3,(H,16,17,21). The largest absolute Gasteiger partial charge is 0.305 e. The average Bonchev–Trinajstić information content (AvgIpc) is 2.50. The van der Waals surface area contributed by atoms with Crippen LogP contribution in [0.2, 0.25) is 0 Å². The SMILES string of the molecule is CN1N=C(C(=O)Nc2ccc3ccccc3n2)CCC1=O. The molecule has 0 fully saturated rings. The molecular formula is C15H14N4O2. The van der Waals surface area contributed by atoms with Gasteiger partial charge in [0.1, 0.15) is 11.5 Å². The van der Waals surface area contributed by atoms with Gasteiger partial charge >= 0.3 is 0 Å². The maximum atomic E-state index is 12.1. The molecule has 0 bridgehead atoms. The lowest BCUT2D eigenvalue weighted by atomic mass is 10.1. The zero-order chi connectivity index (χ0) is 14.8. The van der Waals surface area contributed by atoms with E-state index in [9.17, 15) is 9.59 Å². The molecule has 0 radical (unpaired) electrons. The zero-order valence-corrected chi connectivity index (χ0v) is 11.5. The Morgan fingerprint density at radius 1 is 1.19 bits per heavy atom. The maximum Gasteiger partial charge on any atom is 0.273 e. The van der Waals surface area contributed by atoms with Gasteiger partial charge < -0.3 is 5.32 Å². The van der Waals surface area contributed by atoms with Gasteiger partial charge in [-0.3, -0.25) is 9.59 Å². The molecule has 1 aromatic carbocycles. The minimum Gasteiger partial charge on any atom is -0.305 e. The van der Waals surface area contributed by atoms with Gasteiger partial charge in [0.25, 0.3) is 5.91 Å². The monoisotopic (exact) mass is 282 g/mol. The van der Waals surface area contributed by atoms with Crippen LogP contribution in [-0.4, -0.2) is 34.6 Å². The van der Waals surface area contributed by atoms with Gasteiger partial charge in [-0.25, -0.2) is 9.99 Å². The first-order valence-corrected chi connectivity index (χ1v) is 6.65. The third-order valence-corrected chi connectivity index (χ3v) is 3.31. The van der Waals surface area contributed by atoms with Crippen molar-refractivity contribution in [3.63, 3.8) is 0 Å². The smallest absolute Gasteiger partial charge is 0.273 e. The number of anilines is 1. The Morgan fingerprint density at radius 3 is 2.81 bits per heavy atom. The summed E-state index contributed by atoms with van der Waals surface area (Å²) in [7, 11) is 1.54. The fourth-order valence-electron chi connectivity index (χ4n) is 2.16. The van der Waals surface area contributed by atoms with Gasteiger partial charge in [0.2, 0.25) is 5.91 Å². The molecular weight excluding hydrogens is 268 g/mol. The summed E-state index contributed by atoms with van der Waals surface area (Å²) >= 11 is 0. The number of carbonyl (C=O) groups is 2. The summed E-state index contributed by atoms with van der Waals surface area (Å²) < 4.78 is 0. The highest BCUT2D eigenvalue weighted by atomic mass is 16.2. The predicted molar refractivity (Wildman–Crippen MR) is 79.8 cm³/mol. The molecule has 0 aliphatic carbocycles. The molecule has 1 aliphatic rings. The summed E-state index contributed by atoms with van der Waals surface area (Å²) in [5.74, 6) is 0.0634. The van der Waals surface area contributed by atoms with Crippen molar-refractivity contribution in [1.82, 2.24) is 9.99 Å². The van der Waals surface area contributed by atoms with E-state index in [0.717, 1.165) is 10.9 Å². The fraction of sp³-hybridized carbons (Fsp3) is 0.200. The number of aromatic nitrogens is 1. The molecule has 2 amide bonds. The Bertz CT molecular complexity index is 754. The minimum atomic E-state index is -0.322. The number of benzene rings is 1. The number of hydrazone groups is 1. The fourth-order valence-corrected chi connectivity index (χ4v) is 2.16. The van der Waals surface area contributed by atoms with E-state index in [4.69, 9.17) is 0 Å². The van der Waals surface area contributed by atoms with Crippen LogP contribution in [0, 0.1) is 0 Å². The molecule has 6 heteroatoms. The van der Waals surface area contributed by atoms with Crippen LogP contribution < -0.4 is 5.32 Å². The van der Waals surface area contributed by atoms with Gasteiger partial charge in [0.05, 0.1) is 5.52 Å². The quantitative estimate of drug-likeness (QED) is 0.912. The average molecular weight is 282 g/mol. The van der Waals surface area contributed by atoms with E-state index in [1.165, 1.54) is 5.01 Å². The number of carbonyl (C=O) groups excluding carboxylic acids is 2. The first-order valence-electron chi connectivity index (χ1n) is 6.65. The van der Waals surface area contributed by atoms with Gasteiger partial charge in [-0.05, 0) is 18.2 Å². The first-order chi connectivity index (χ1) is 10.1. The molecule has 6 nitrogen and oxygen atoms in total. The Kier molecular flexibility index (Phi) is 3.35. The summed E-state index contributed by atoms with van der Waals surface area (Å²) in [6.07, 6.45) is 0.649. The van der Waals surface area contributed by atoms with Crippen LogP contribution in [-0.2, 0) is 9.59 Å². The summed E-state index contributed by atoms with van der Waals surface area (Å²) in [6, 6.07) is 11.3. The summed E-state index contributed by atoms with van der Waals surface area (Å²) in [6.45, 7) is 0. The molecule has 2 heterocycles. The minimum absolute atomic E-state index is 0.0876. The Hall–Kier alpha value is -2.76. The highest BCUT2D eigenvalue weighted by Gasteiger charge is 2.22. The highest BCUT2D eigenvalue weighted by molar-refractivity contribution is 6.43. The lowest BCUT2D eigenvalue weighted by molar-refractivity contribution is -0.130. The van der Waals surface area contributed by atoms with E-state index in [2.05, 4.69) is 15.4 Å². The van der Waals surface area contributed by atoms with Crippen molar-refractivity contribution in [2.75, 3.05) is 12.4 Å². The number of para-hydroxylation sites is 1. The molecule has 21 heavy (non-hydrogen) atoms. The first kappa shape index (κ1) is 13.2. The number of hydrogen-bond acceptors (Lipinski definition) is 4. The molecule has 1 aromatic heterocycles. The number of fused-ring (bicyclic) bond motifs is 1. The van der Waals surface area contributed by atoms with E-state index >= 15 is 0 Å². The molecule has 0 atom stereocenters. The maximum absolute atomic E-state index is 12.1. The van der Waals surface area contributed by atoms with Crippen LogP contribution in [0.25, 0.3) is 10.9 Å². The molecule has 0 saturated carbocycles. The van der Waals surface area contributed by atoms with Crippen LogP contribution in [0.4, 0.5) is 5.82 Å². The summed E-state index contributed by atoms with van der Waals surface area (Å²) in [5, 5.41) is 8.91. The van der Waals surface area contributed by atoms with E-state index < -0.39 is 0 Å². The van der Waals surface area contributed by atoms with E-state index in [1.54, 1.807) is 13.1 Å². The molecule has 0 unspecified atom stereocenters. The van der Waals surface area contributed by atoms with Gasteiger partial charge in [0.15, 0.2) is 0 Å². The van der Waals surface area contributed by atoms with Crippen molar-refractivity contribution in [2.45, 2.75) is 12.8 Å².